The van der Waals surface area contributed by atoms with Gasteiger partial charge in [0.1, 0.15) is 0 Å². The normalized spacial score (nSPS) is 15.6. The van der Waals surface area contributed by atoms with Crippen molar-refractivity contribution in [2.75, 3.05) is 20.3 Å². The summed E-state index contributed by atoms with van der Waals surface area (Å²) in [6, 6.07) is 1.37. The van der Waals surface area contributed by atoms with Crippen LogP contribution in [0.1, 0.15) is 53.4 Å². The van der Waals surface area contributed by atoms with E-state index < -0.39 is 0 Å². The SMILES string of the molecule is CCCC(C)N(CCOC)C(C)CCC. The number of ether oxygens (including phenoxy) is 1. The van der Waals surface area contributed by atoms with E-state index in [0.717, 1.165) is 13.2 Å². The van der Waals surface area contributed by atoms with Gasteiger partial charge in [-0.3, -0.25) is 4.90 Å². The maximum absolute atomic E-state index is 5.19. The minimum Gasteiger partial charge on any atom is -0.383 e. The van der Waals surface area contributed by atoms with Gasteiger partial charge in [0, 0.05) is 25.7 Å². The predicted octanol–water partition coefficient (Wildman–Crippen LogP) is 3.31. The van der Waals surface area contributed by atoms with Crippen LogP contribution >= 0.6 is 0 Å². The average molecular weight is 215 g/mol. The summed E-state index contributed by atoms with van der Waals surface area (Å²) >= 11 is 0. The Morgan fingerprint density at radius 1 is 1.00 bits per heavy atom. The van der Waals surface area contributed by atoms with Gasteiger partial charge in [-0.2, -0.15) is 0 Å². The Morgan fingerprint density at radius 3 is 1.80 bits per heavy atom. The molecule has 0 saturated carbocycles. The lowest BCUT2D eigenvalue weighted by Gasteiger charge is -2.34. The summed E-state index contributed by atoms with van der Waals surface area (Å²) in [5, 5.41) is 0. The van der Waals surface area contributed by atoms with Crippen molar-refractivity contribution in [3.8, 4) is 0 Å². The highest BCUT2D eigenvalue weighted by Gasteiger charge is 2.18. The second kappa shape index (κ2) is 9.17. The van der Waals surface area contributed by atoms with Crippen molar-refractivity contribution in [1.82, 2.24) is 4.90 Å². The standard InChI is InChI=1S/C13H29NO/c1-6-8-12(3)14(10-11-15-5)13(4)9-7-2/h12-13H,6-11H2,1-5H3. The summed E-state index contributed by atoms with van der Waals surface area (Å²) in [5.41, 5.74) is 0. The van der Waals surface area contributed by atoms with E-state index in [1.54, 1.807) is 7.11 Å². The summed E-state index contributed by atoms with van der Waals surface area (Å²) in [7, 11) is 1.78. The third-order valence-electron chi connectivity index (χ3n) is 3.10. The smallest absolute Gasteiger partial charge is 0.0589 e. The fourth-order valence-electron chi connectivity index (χ4n) is 2.24. The topological polar surface area (TPSA) is 12.5 Å². The molecule has 2 atom stereocenters. The molecule has 0 fully saturated rings. The van der Waals surface area contributed by atoms with Crippen LogP contribution < -0.4 is 0 Å². The number of nitrogens with zero attached hydrogens (tertiary/aromatic N) is 1. The zero-order valence-corrected chi connectivity index (χ0v) is 11.3. The maximum Gasteiger partial charge on any atom is 0.0589 e. The number of methoxy groups -OCH3 is 1. The lowest BCUT2D eigenvalue weighted by molar-refractivity contribution is 0.0883. The molecule has 92 valence electrons. The summed E-state index contributed by atoms with van der Waals surface area (Å²) in [5.74, 6) is 0. The zero-order chi connectivity index (χ0) is 11.7. The molecule has 0 aliphatic rings. The minimum absolute atomic E-state index is 0.687. The lowest BCUT2D eigenvalue weighted by atomic mass is 10.1. The van der Waals surface area contributed by atoms with Crippen LogP contribution in [0.15, 0.2) is 0 Å². The lowest BCUT2D eigenvalue weighted by Crippen LogP contribution is -2.42. The molecular weight excluding hydrogens is 186 g/mol. The molecule has 2 unspecified atom stereocenters. The van der Waals surface area contributed by atoms with Crippen molar-refractivity contribution in [2.24, 2.45) is 0 Å². The van der Waals surface area contributed by atoms with E-state index in [1.807, 2.05) is 0 Å². The molecule has 2 nitrogen and oxygen atoms in total. The molecule has 2 heteroatoms. The molecule has 0 aliphatic carbocycles. The Balaban J connectivity index is 4.14. The number of rotatable bonds is 9. The van der Waals surface area contributed by atoms with Crippen LogP contribution in [-0.4, -0.2) is 37.2 Å². The van der Waals surface area contributed by atoms with E-state index in [-0.39, 0.29) is 0 Å². The Hall–Kier alpha value is -0.0800. The van der Waals surface area contributed by atoms with Crippen molar-refractivity contribution in [1.29, 1.82) is 0 Å². The fourth-order valence-corrected chi connectivity index (χ4v) is 2.24. The van der Waals surface area contributed by atoms with E-state index in [4.69, 9.17) is 4.74 Å². The minimum atomic E-state index is 0.687. The highest BCUT2D eigenvalue weighted by atomic mass is 16.5. The molecule has 0 aliphatic heterocycles. The first-order valence-corrected chi connectivity index (χ1v) is 6.41. The van der Waals surface area contributed by atoms with Gasteiger partial charge in [-0.05, 0) is 26.7 Å². The van der Waals surface area contributed by atoms with Crippen molar-refractivity contribution in [2.45, 2.75) is 65.5 Å². The van der Waals surface area contributed by atoms with Gasteiger partial charge in [-0.1, -0.05) is 26.7 Å². The molecule has 0 aromatic carbocycles. The molecule has 0 aromatic heterocycles. The second-order valence-corrected chi connectivity index (χ2v) is 4.51. The van der Waals surface area contributed by atoms with E-state index in [2.05, 4.69) is 32.6 Å². The monoisotopic (exact) mass is 215 g/mol. The maximum atomic E-state index is 5.19. The van der Waals surface area contributed by atoms with E-state index in [0.29, 0.717) is 12.1 Å². The fraction of sp³-hybridized carbons (Fsp3) is 1.00. The van der Waals surface area contributed by atoms with Crippen LogP contribution in [-0.2, 0) is 4.74 Å². The van der Waals surface area contributed by atoms with Crippen LogP contribution in [0.2, 0.25) is 0 Å². The zero-order valence-electron chi connectivity index (χ0n) is 11.3. The first-order chi connectivity index (χ1) is 7.17. The molecular formula is C13H29NO. The van der Waals surface area contributed by atoms with Gasteiger partial charge in [-0.15, -0.1) is 0 Å². The molecule has 0 radical (unpaired) electrons. The molecule has 15 heavy (non-hydrogen) atoms. The van der Waals surface area contributed by atoms with Crippen LogP contribution in [0.3, 0.4) is 0 Å². The number of hydrogen-bond donors (Lipinski definition) is 0. The van der Waals surface area contributed by atoms with Gasteiger partial charge in [-0.25, -0.2) is 0 Å². The summed E-state index contributed by atoms with van der Waals surface area (Å²) in [6.07, 6.45) is 5.11. The Bertz CT molecular complexity index is 126. The molecule has 0 saturated heterocycles. The summed E-state index contributed by atoms with van der Waals surface area (Å²) < 4.78 is 5.19. The quantitative estimate of drug-likeness (QED) is 0.585. The first-order valence-electron chi connectivity index (χ1n) is 6.41. The largest absolute Gasteiger partial charge is 0.383 e. The van der Waals surface area contributed by atoms with E-state index in [9.17, 15) is 0 Å². The second-order valence-electron chi connectivity index (χ2n) is 4.51. The molecule has 0 amide bonds. The van der Waals surface area contributed by atoms with Crippen molar-refractivity contribution >= 4 is 0 Å². The van der Waals surface area contributed by atoms with Gasteiger partial charge in [0.05, 0.1) is 6.61 Å². The first kappa shape index (κ1) is 14.9. The van der Waals surface area contributed by atoms with Crippen LogP contribution in [0.4, 0.5) is 0 Å². The molecule has 0 N–H and O–H groups in total. The van der Waals surface area contributed by atoms with Crippen LogP contribution in [0.5, 0.6) is 0 Å². The molecule has 0 rings (SSSR count). The van der Waals surface area contributed by atoms with Gasteiger partial charge < -0.3 is 4.74 Å². The van der Waals surface area contributed by atoms with Gasteiger partial charge >= 0.3 is 0 Å². The molecule has 0 heterocycles. The highest BCUT2D eigenvalue weighted by Crippen LogP contribution is 2.14. The average Bonchev–Trinajstić information content (AvgIpc) is 2.19. The summed E-state index contributed by atoms with van der Waals surface area (Å²) in [4.78, 5) is 2.59. The Kier molecular flexibility index (Phi) is 9.12. The Labute approximate surface area is 96.0 Å². The van der Waals surface area contributed by atoms with E-state index in [1.165, 1.54) is 25.7 Å². The third kappa shape index (κ3) is 6.16. The highest BCUT2D eigenvalue weighted by molar-refractivity contribution is 4.73. The molecule has 0 bridgehead atoms. The van der Waals surface area contributed by atoms with Gasteiger partial charge in [0.2, 0.25) is 0 Å². The third-order valence-corrected chi connectivity index (χ3v) is 3.10. The van der Waals surface area contributed by atoms with Crippen LogP contribution in [0.25, 0.3) is 0 Å². The number of hydrogen-bond acceptors (Lipinski definition) is 2. The summed E-state index contributed by atoms with van der Waals surface area (Å²) in [6.45, 7) is 11.1. The van der Waals surface area contributed by atoms with Gasteiger partial charge in [0.15, 0.2) is 0 Å². The molecule has 0 aromatic rings. The Morgan fingerprint density at radius 2 is 1.47 bits per heavy atom. The van der Waals surface area contributed by atoms with Crippen LogP contribution in [0, 0.1) is 0 Å². The van der Waals surface area contributed by atoms with Gasteiger partial charge in [0.25, 0.3) is 0 Å². The molecule has 0 spiro atoms. The predicted molar refractivity (Wildman–Crippen MR) is 67.3 cm³/mol. The van der Waals surface area contributed by atoms with Crippen molar-refractivity contribution < 1.29 is 4.74 Å². The van der Waals surface area contributed by atoms with E-state index >= 15 is 0 Å². The van der Waals surface area contributed by atoms with Crippen molar-refractivity contribution in [3.05, 3.63) is 0 Å². The van der Waals surface area contributed by atoms with Crippen molar-refractivity contribution in [3.63, 3.8) is 0 Å².